The number of carbonyl (C=O) groups excluding carboxylic acids is 1. The van der Waals surface area contributed by atoms with Crippen molar-refractivity contribution >= 4 is 11.6 Å². The fourth-order valence-electron chi connectivity index (χ4n) is 2.10. The Morgan fingerprint density at radius 3 is 2.90 bits per heavy atom. The minimum absolute atomic E-state index is 0.0365. The predicted molar refractivity (Wildman–Crippen MR) is 72.0 cm³/mol. The lowest BCUT2D eigenvalue weighted by Crippen LogP contribution is -2.15. The molecule has 0 saturated heterocycles. The maximum atomic E-state index is 12.1. The summed E-state index contributed by atoms with van der Waals surface area (Å²) in [6.45, 7) is 0. The Hall–Kier alpha value is -2.74. The molecule has 2 aliphatic carbocycles. The third-order valence-electron chi connectivity index (χ3n) is 3.35. The second-order valence-corrected chi connectivity index (χ2v) is 4.77. The molecule has 1 aliphatic heterocycles. The van der Waals surface area contributed by atoms with E-state index in [0.29, 0.717) is 5.69 Å². The highest BCUT2D eigenvalue weighted by Gasteiger charge is 2.31. The van der Waals surface area contributed by atoms with Gasteiger partial charge in [-0.1, -0.05) is 0 Å². The summed E-state index contributed by atoms with van der Waals surface area (Å²) in [5.74, 6) is -0.716. The van der Waals surface area contributed by atoms with Crippen molar-refractivity contribution in [3.63, 3.8) is 0 Å². The van der Waals surface area contributed by atoms with Crippen molar-refractivity contribution in [2.45, 2.75) is 12.8 Å². The van der Waals surface area contributed by atoms with Crippen molar-refractivity contribution in [1.29, 1.82) is 5.26 Å². The van der Waals surface area contributed by atoms with Crippen LogP contribution < -0.4 is 5.32 Å². The van der Waals surface area contributed by atoms with E-state index in [0.717, 1.165) is 24.0 Å². The zero-order valence-electron chi connectivity index (χ0n) is 10.6. The molecular weight excluding hydrogens is 256 g/mol. The summed E-state index contributed by atoms with van der Waals surface area (Å²) in [7, 11) is 0. The highest BCUT2D eigenvalue weighted by atomic mass is 16.3. The average Bonchev–Trinajstić information content (AvgIpc) is 3.23. The van der Waals surface area contributed by atoms with E-state index in [1.807, 2.05) is 6.07 Å². The van der Waals surface area contributed by atoms with E-state index in [4.69, 9.17) is 9.68 Å². The minimum atomic E-state index is -0.579. The smallest absolute Gasteiger partial charge is 0.269 e. The molecule has 1 amide bonds. The van der Waals surface area contributed by atoms with Crippen LogP contribution in [0.15, 0.2) is 46.5 Å². The van der Waals surface area contributed by atoms with Crippen LogP contribution in [0, 0.1) is 17.2 Å². The summed E-state index contributed by atoms with van der Waals surface area (Å²) in [6.07, 6.45) is 4.74. The van der Waals surface area contributed by atoms with Gasteiger partial charge < -0.3 is 14.8 Å². The van der Waals surface area contributed by atoms with E-state index in [1.54, 1.807) is 24.5 Å². The molecular formula is C15H12N2O3. The molecule has 3 rings (SSSR count). The number of allylic oxidation sites excluding steroid dienone is 1. The number of amides is 1. The Labute approximate surface area is 115 Å². The fraction of sp³-hybridized carbons (Fsp3) is 0.200. The van der Waals surface area contributed by atoms with Gasteiger partial charge in [0, 0.05) is 22.7 Å². The Bertz CT molecular complexity index is 704. The molecule has 5 nitrogen and oxygen atoms in total. The molecule has 0 spiro atoms. The van der Waals surface area contributed by atoms with Gasteiger partial charge in [-0.2, -0.15) is 5.26 Å². The van der Waals surface area contributed by atoms with Crippen LogP contribution in [0.1, 0.15) is 12.8 Å². The molecule has 1 saturated carbocycles. The molecule has 20 heavy (non-hydrogen) atoms. The number of nitrogens with one attached hydrogen (secondary N) is 1. The van der Waals surface area contributed by atoms with Gasteiger partial charge in [-0.15, -0.1) is 0 Å². The predicted octanol–water partition coefficient (Wildman–Crippen LogP) is 3.07. The van der Waals surface area contributed by atoms with Crippen molar-refractivity contribution in [3.05, 3.63) is 42.1 Å². The van der Waals surface area contributed by atoms with E-state index in [2.05, 4.69) is 5.32 Å². The maximum Gasteiger partial charge on any atom is 0.269 e. The number of aliphatic hydroxyl groups is 1. The standard InChI is InChI=1S/C15H12N2O3/c16-7-12(14(18)9-1-2-9)15(19)17-13-4-3-10-8-20-6-5-11(10)13/h3-6,8-9,18H,1-2H2,(H,17,19). The van der Waals surface area contributed by atoms with Crippen molar-refractivity contribution < 1.29 is 14.3 Å². The number of carbonyl (C=O) groups is 1. The van der Waals surface area contributed by atoms with Crippen LogP contribution >= 0.6 is 0 Å². The molecule has 0 aromatic heterocycles. The van der Waals surface area contributed by atoms with Crippen LogP contribution in [-0.4, -0.2) is 11.0 Å². The molecule has 0 radical (unpaired) electrons. The van der Waals surface area contributed by atoms with Gasteiger partial charge in [-0.25, -0.2) is 0 Å². The van der Waals surface area contributed by atoms with E-state index in [-0.39, 0.29) is 17.3 Å². The third kappa shape index (κ3) is 2.12. The second-order valence-electron chi connectivity index (χ2n) is 4.77. The Balaban J connectivity index is 1.86. The summed E-state index contributed by atoms with van der Waals surface area (Å²) < 4.78 is 5.04. The molecule has 0 aromatic rings. The molecule has 0 unspecified atom stereocenters. The van der Waals surface area contributed by atoms with Gasteiger partial charge in [0.15, 0.2) is 5.57 Å². The number of hydrogen-bond acceptors (Lipinski definition) is 4. The number of hydrogen-bond donors (Lipinski definition) is 2. The summed E-state index contributed by atoms with van der Waals surface area (Å²) in [4.78, 5) is 12.1. The van der Waals surface area contributed by atoms with Crippen LogP contribution in [0.2, 0.25) is 0 Å². The normalized spacial score (nSPS) is 15.6. The first-order valence-corrected chi connectivity index (χ1v) is 6.30. The summed E-state index contributed by atoms with van der Waals surface area (Å²) in [6, 6.07) is 7.07. The number of fused-ring (bicyclic) bond motifs is 1. The van der Waals surface area contributed by atoms with Gasteiger partial charge >= 0.3 is 0 Å². The zero-order valence-corrected chi connectivity index (χ0v) is 10.6. The topological polar surface area (TPSA) is 86.3 Å². The van der Waals surface area contributed by atoms with Crippen LogP contribution in [0.25, 0.3) is 11.1 Å². The molecule has 1 fully saturated rings. The maximum absolute atomic E-state index is 12.1. The molecule has 3 aliphatic rings. The molecule has 5 heteroatoms. The van der Waals surface area contributed by atoms with Crippen LogP contribution in [0.4, 0.5) is 5.69 Å². The lowest BCUT2D eigenvalue weighted by molar-refractivity contribution is -0.112. The lowest BCUT2D eigenvalue weighted by Gasteiger charge is -2.07. The van der Waals surface area contributed by atoms with E-state index in [1.165, 1.54) is 6.26 Å². The monoisotopic (exact) mass is 268 g/mol. The molecule has 0 bridgehead atoms. The Morgan fingerprint density at radius 1 is 1.40 bits per heavy atom. The van der Waals surface area contributed by atoms with Crippen LogP contribution in [-0.2, 0) is 4.79 Å². The van der Waals surface area contributed by atoms with Crippen molar-refractivity contribution in [1.82, 2.24) is 0 Å². The number of anilines is 1. The molecule has 0 atom stereocenters. The first kappa shape index (κ1) is 12.3. The van der Waals surface area contributed by atoms with E-state index < -0.39 is 5.91 Å². The van der Waals surface area contributed by atoms with Crippen molar-refractivity contribution in [2.75, 3.05) is 5.32 Å². The fourth-order valence-corrected chi connectivity index (χ4v) is 2.10. The highest BCUT2D eigenvalue weighted by Crippen LogP contribution is 2.37. The van der Waals surface area contributed by atoms with Gasteiger partial charge in [0.2, 0.25) is 0 Å². The lowest BCUT2D eigenvalue weighted by atomic mass is 10.1. The van der Waals surface area contributed by atoms with Crippen LogP contribution in [0.3, 0.4) is 0 Å². The first-order chi connectivity index (χ1) is 9.70. The zero-order chi connectivity index (χ0) is 14.1. The van der Waals surface area contributed by atoms with Gasteiger partial charge in [0.25, 0.3) is 5.91 Å². The van der Waals surface area contributed by atoms with Gasteiger partial charge in [-0.3, -0.25) is 4.79 Å². The number of aliphatic hydroxyl groups excluding tert-OH is 1. The van der Waals surface area contributed by atoms with Gasteiger partial charge in [-0.05, 0) is 31.0 Å². The number of nitriles is 1. The SMILES string of the molecule is N#CC(C(=O)Nc1ccc2coccc1-2)=C(O)C1CC1. The van der Waals surface area contributed by atoms with Gasteiger partial charge in [0.1, 0.15) is 11.8 Å². The highest BCUT2D eigenvalue weighted by molar-refractivity contribution is 6.09. The number of rotatable bonds is 3. The van der Waals surface area contributed by atoms with Crippen LogP contribution in [0.5, 0.6) is 0 Å². The summed E-state index contributed by atoms with van der Waals surface area (Å²) in [5, 5.41) is 21.5. The average molecular weight is 268 g/mol. The molecule has 1 heterocycles. The van der Waals surface area contributed by atoms with E-state index in [9.17, 15) is 9.90 Å². The largest absolute Gasteiger partial charge is 0.510 e. The van der Waals surface area contributed by atoms with Crippen molar-refractivity contribution in [3.8, 4) is 17.2 Å². The Morgan fingerprint density at radius 2 is 2.20 bits per heavy atom. The van der Waals surface area contributed by atoms with Gasteiger partial charge in [0.05, 0.1) is 12.5 Å². The Kier molecular flexibility index (Phi) is 2.92. The molecule has 100 valence electrons. The minimum Gasteiger partial charge on any atom is -0.510 e. The molecule has 2 N–H and O–H groups in total. The third-order valence-corrected chi connectivity index (χ3v) is 3.35. The molecule has 0 aromatic carbocycles. The quantitative estimate of drug-likeness (QED) is 0.509. The number of nitrogens with zero attached hydrogens (tertiary/aromatic N) is 1. The first-order valence-electron chi connectivity index (χ1n) is 6.30. The summed E-state index contributed by atoms with van der Waals surface area (Å²) >= 11 is 0. The second kappa shape index (κ2) is 4.74. The summed E-state index contributed by atoms with van der Waals surface area (Å²) in [5.41, 5.74) is 2.07. The van der Waals surface area contributed by atoms with E-state index >= 15 is 0 Å². The van der Waals surface area contributed by atoms with Crippen molar-refractivity contribution in [2.24, 2.45) is 5.92 Å².